The number of thioether (sulfide) groups is 1. The van der Waals surface area contributed by atoms with Gasteiger partial charge in [0, 0.05) is 11.3 Å². The van der Waals surface area contributed by atoms with Gasteiger partial charge >= 0.3 is 5.97 Å². The molecule has 0 amide bonds. The topological polar surface area (TPSA) is 35.5 Å². The van der Waals surface area contributed by atoms with Crippen LogP contribution < -0.4 is 0 Å². The van der Waals surface area contributed by atoms with E-state index in [4.69, 9.17) is 9.47 Å². The third-order valence-electron chi connectivity index (χ3n) is 2.64. The molecule has 0 saturated carbocycles. The van der Waals surface area contributed by atoms with Crippen molar-refractivity contribution >= 4 is 17.7 Å². The Bertz CT molecular complexity index is 453. The number of esters is 1. The zero-order valence-corrected chi connectivity index (χ0v) is 11.3. The second-order valence-electron chi connectivity index (χ2n) is 3.94. The van der Waals surface area contributed by atoms with Crippen LogP contribution in [0.4, 0.5) is 0 Å². The molecule has 1 aromatic rings. The number of hydrogen-bond acceptors (Lipinski definition) is 4. The summed E-state index contributed by atoms with van der Waals surface area (Å²) in [5.74, 6) is 0.424. The van der Waals surface area contributed by atoms with Crippen LogP contribution in [0.25, 0.3) is 0 Å². The van der Waals surface area contributed by atoms with E-state index in [2.05, 4.69) is 0 Å². The highest BCUT2D eigenvalue weighted by Crippen LogP contribution is 2.36. The molecule has 0 bridgehead atoms. The molecule has 0 saturated heterocycles. The largest absolute Gasteiger partial charge is 0.483 e. The average Bonchev–Trinajstić information content (AvgIpc) is 2.72. The van der Waals surface area contributed by atoms with E-state index in [1.165, 1.54) is 0 Å². The number of benzene rings is 1. The van der Waals surface area contributed by atoms with Crippen LogP contribution in [-0.4, -0.2) is 18.0 Å². The smallest absolute Gasteiger partial charge is 0.337 e. The zero-order valence-electron chi connectivity index (χ0n) is 10.5. The van der Waals surface area contributed by atoms with Crippen LogP contribution in [0.2, 0.25) is 0 Å². The minimum absolute atomic E-state index is 0.0354. The van der Waals surface area contributed by atoms with Gasteiger partial charge in [0.2, 0.25) is 0 Å². The van der Waals surface area contributed by atoms with Crippen molar-refractivity contribution in [2.75, 3.05) is 6.61 Å². The van der Waals surface area contributed by atoms with E-state index in [0.717, 1.165) is 4.90 Å². The highest BCUT2D eigenvalue weighted by Gasteiger charge is 2.29. The molecule has 0 aromatic heterocycles. The summed E-state index contributed by atoms with van der Waals surface area (Å²) in [7, 11) is 0. The van der Waals surface area contributed by atoms with Crippen LogP contribution in [-0.2, 0) is 14.3 Å². The summed E-state index contributed by atoms with van der Waals surface area (Å²) in [6.07, 6.45) is 0.601. The molecular weight excluding hydrogens is 248 g/mol. The van der Waals surface area contributed by atoms with Gasteiger partial charge in [-0.3, -0.25) is 0 Å². The lowest BCUT2D eigenvalue weighted by atomic mass is 10.2. The van der Waals surface area contributed by atoms with Crippen molar-refractivity contribution < 1.29 is 14.3 Å². The van der Waals surface area contributed by atoms with Crippen molar-refractivity contribution in [3.63, 3.8) is 0 Å². The molecular formula is C14H16O3S. The lowest BCUT2D eigenvalue weighted by Crippen LogP contribution is -2.08. The third-order valence-corrected chi connectivity index (χ3v) is 3.71. The Kier molecular flexibility index (Phi) is 4.31. The van der Waals surface area contributed by atoms with E-state index in [-0.39, 0.29) is 11.4 Å². The van der Waals surface area contributed by atoms with Crippen molar-refractivity contribution in [1.29, 1.82) is 0 Å². The number of hydrogen-bond donors (Lipinski definition) is 0. The lowest BCUT2D eigenvalue weighted by molar-refractivity contribution is -0.138. The molecule has 1 aliphatic heterocycles. The minimum Gasteiger partial charge on any atom is -0.483 e. The van der Waals surface area contributed by atoms with E-state index in [1.54, 1.807) is 18.7 Å². The summed E-state index contributed by atoms with van der Waals surface area (Å²) in [5, 5.41) is 0. The molecule has 2 rings (SSSR count). The summed E-state index contributed by atoms with van der Waals surface area (Å²) >= 11 is 1.62. The Hall–Kier alpha value is -1.42. The van der Waals surface area contributed by atoms with Gasteiger partial charge in [0.1, 0.15) is 5.76 Å². The summed E-state index contributed by atoms with van der Waals surface area (Å²) in [6.45, 7) is 4.02. The van der Waals surface area contributed by atoms with Crippen molar-refractivity contribution in [3.05, 3.63) is 41.7 Å². The highest BCUT2D eigenvalue weighted by atomic mass is 32.2. The Morgan fingerprint density at radius 1 is 1.44 bits per heavy atom. The van der Waals surface area contributed by atoms with Crippen LogP contribution >= 0.6 is 11.8 Å². The lowest BCUT2D eigenvalue weighted by Gasteiger charge is -2.10. The van der Waals surface area contributed by atoms with Gasteiger partial charge in [0.15, 0.2) is 5.44 Å². The van der Waals surface area contributed by atoms with Gasteiger partial charge in [-0.25, -0.2) is 4.79 Å². The standard InChI is InChI=1S/C14H16O3S/c1-3-16-14(15)12-9-13(17-10(12)2)18-11-7-5-4-6-8-11/h4-8,13H,3,9H2,1-2H3. The van der Waals surface area contributed by atoms with E-state index in [9.17, 15) is 4.79 Å². The number of rotatable bonds is 4. The predicted octanol–water partition coefficient (Wildman–Crippen LogP) is 3.36. The van der Waals surface area contributed by atoms with Crippen molar-refractivity contribution in [2.24, 2.45) is 0 Å². The maximum absolute atomic E-state index is 11.7. The number of ether oxygens (including phenoxy) is 2. The molecule has 96 valence electrons. The van der Waals surface area contributed by atoms with E-state index < -0.39 is 0 Å². The van der Waals surface area contributed by atoms with Gasteiger partial charge in [-0.1, -0.05) is 30.0 Å². The molecule has 3 nitrogen and oxygen atoms in total. The number of carbonyl (C=O) groups is 1. The Labute approximate surface area is 111 Å². The molecule has 0 fully saturated rings. The summed E-state index contributed by atoms with van der Waals surface area (Å²) in [5.41, 5.74) is 0.622. The van der Waals surface area contributed by atoms with E-state index >= 15 is 0 Å². The minimum atomic E-state index is -0.258. The highest BCUT2D eigenvalue weighted by molar-refractivity contribution is 7.99. The van der Waals surface area contributed by atoms with Crippen LogP contribution in [0, 0.1) is 0 Å². The first-order valence-corrected chi connectivity index (χ1v) is 6.84. The van der Waals surface area contributed by atoms with Crippen LogP contribution in [0.5, 0.6) is 0 Å². The van der Waals surface area contributed by atoms with Crippen LogP contribution in [0.1, 0.15) is 20.3 Å². The molecule has 1 aromatic carbocycles. The fourth-order valence-corrected chi connectivity index (χ4v) is 2.84. The normalized spacial score (nSPS) is 18.7. The zero-order chi connectivity index (χ0) is 13.0. The molecule has 4 heteroatoms. The van der Waals surface area contributed by atoms with Gasteiger partial charge in [0.05, 0.1) is 12.2 Å². The molecule has 1 atom stereocenters. The second kappa shape index (κ2) is 5.96. The summed E-state index contributed by atoms with van der Waals surface area (Å²) < 4.78 is 10.7. The van der Waals surface area contributed by atoms with E-state index in [0.29, 0.717) is 24.4 Å². The Morgan fingerprint density at radius 3 is 2.83 bits per heavy atom. The molecule has 0 N–H and O–H groups in total. The van der Waals surface area contributed by atoms with Crippen LogP contribution in [0.15, 0.2) is 46.6 Å². The van der Waals surface area contributed by atoms with Crippen LogP contribution in [0.3, 0.4) is 0 Å². The number of carbonyl (C=O) groups excluding carboxylic acids is 1. The maximum atomic E-state index is 11.7. The third kappa shape index (κ3) is 3.07. The summed E-state index contributed by atoms with van der Waals surface area (Å²) in [6, 6.07) is 10.0. The Morgan fingerprint density at radius 2 is 2.17 bits per heavy atom. The first-order chi connectivity index (χ1) is 8.70. The Balaban J connectivity index is 1.96. The van der Waals surface area contributed by atoms with Crippen molar-refractivity contribution in [2.45, 2.75) is 30.6 Å². The quantitative estimate of drug-likeness (QED) is 0.781. The van der Waals surface area contributed by atoms with Gasteiger partial charge < -0.3 is 9.47 Å². The predicted molar refractivity (Wildman–Crippen MR) is 71.1 cm³/mol. The van der Waals surface area contributed by atoms with Gasteiger partial charge in [-0.05, 0) is 26.0 Å². The molecule has 1 aliphatic rings. The molecule has 1 unspecified atom stereocenters. The van der Waals surface area contributed by atoms with Gasteiger partial charge in [-0.2, -0.15) is 0 Å². The molecule has 18 heavy (non-hydrogen) atoms. The monoisotopic (exact) mass is 264 g/mol. The SMILES string of the molecule is CCOC(=O)C1=C(C)OC(Sc2ccccc2)C1. The fraction of sp³-hybridized carbons (Fsp3) is 0.357. The molecule has 0 aliphatic carbocycles. The average molecular weight is 264 g/mol. The second-order valence-corrected chi connectivity index (χ2v) is 5.17. The fourth-order valence-electron chi connectivity index (χ4n) is 1.78. The first kappa shape index (κ1) is 13.0. The van der Waals surface area contributed by atoms with Gasteiger partial charge in [-0.15, -0.1) is 0 Å². The summed E-state index contributed by atoms with van der Waals surface area (Å²) in [4.78, 5) is 12.8. The number of allylic oxidation sites excluding steroid dienone is 1. The molecule has 0 spiro atoms. The maximum Gasteiger partial charge on any atom is 0.337 e. The first-order valence-electron chi connectivity index (χ1n) is 5.96. The van der Waals surface area contributed by atoms with Crippen molar-refractivity contribution in [3.8, 4) is 0 Å². The molecule has 0 radical (unpaired) electrons. The van der Waals surface area contributed by atoms with Crippen molar-refractivity contribution in [1.82, 2.24) is 0 Å². The van der Waals surface area contributed by atoms with E-state index in [1.807, 2.05) is 37.3 Å². The molecule has 1 heterocycles. The van der Waals surface area contributed by atoms with Gasteiger partial charge in [0.25, 0.3) is 0 Å².